The summed E-state index contributed by atoms with van der Waals surface area (Å²) in [6.45, 7) is 2.16. The molecule has 96 valence electrons. The number of hydrogen-bond donors (Lipinski definition) is 0. The first-order valence-electron chi connectivity index (χ1n) is 6.30. The second kappa shape index (κ2) is 6.01. The van der Waals surface area contributed by atoms with Gasteiger partial charge >= 0.3 is 5.97 Å². The molecule has 0 radical (unpaired) electrons. The second-order valence-corrected chi connectivity index (χ2v) is 4.28. The quantitative estimate of drug-likeness (QED) is 0.776. The normalized spacial score (nSPS) is 17.5. The van der Waals surface area contributed by atoms with Gasteiger partial charge in [-0.3, -0.25) is 0 Å². The van der Waals surface area contributed by atoms with Crippen molar-refractivity contribution >= 4 is 5.97 Å². The molecule has 0 bridgehead atoms. The fourth-order valence-corrected chi connectivity index (χ4v) is 2.15. The molecule has 0 saturated heterocycles. The number of nitrogens with zero attached hydrogens (tertiary/aromatic N) is 1. The summed E-state index contributed by atoms with van der Waals surface area (Å²) in [5.74, 6) is -0.167. The van der Waals surface area contributed by atoms with Gasteiger partial charge in [-0.15, -0.1) is 0 Å². The van der Waals surface area contributed by atoms with Crippen molar-refractivity contribution in [1.29, 1.82) is 5.26 Å². The van der Waals surface area contributed by atoms with Gasteiger partial charge in [0.05, 0.1) is 18.2 Å². The van der Waals surface area contributed by atoms with Gasteiger partial charge in [0.15, 0.2) is 0 Å². The van der Waals surface area contributed by atoms with E-state index in [1.807, 2.05) is 30.4 Å². The van der Waals surface area contributed by atoms with E-state index in [2.05, 4.69) is 6.07 Å². The molecule has 19 heavy (non-hydrogen) atoms. The summed E-state index contributed by atoms with van der Waals surface area (Å²) in [6, 6.07) is 9.58. The summed E-state index contributed by atoms with van der Waals surface area (Å²) in [4.78, 5) is 11.9. The molecule has 0 aliphatic heterocycles. The first kappa shape index (κ1) is 13.1. The van der Waals surface area contributed by atoms with Gasteiger partial charge in [-0.25, -0.2) is 4.79 Å². The Labute approximate surface area is 112 Å². The average Bonchev–Trinajstić information content (AvgIpc) is 2.47. The van der Waals surface area contributed by atoms with Crippen LogP contribution in [0.3, 0.4) is 0 Å². The topological polar surface area (TPSA) is 50.1 Å². The van der Waals surface area contributed by atoms with E-state index in [1.54, 1.807) is 19.1 Å². The highest BCUT2D eigenvalue weighted by Gasteiger charge is 2.18. The van der Waals surface area contributed by atoms with Crippen molar-refractivity contribution in [3.63, 3.8) is 0 Å². The number of allylic oxidation sites excluding steroid dienone is 4. The van der Waals surface area contributed by atoms with Crippen molar-refractivity contribution < 1.29 is 9.53 Å². The van der Waals surface area contributed by atoms with Crippen LogP contribution in [0.2, 0.25) is 0 Å². The van der Waals surface area contributed by atoms with E-state index in [9.17, 15) is 4.79 Å². The van der Waals surface area contributed by atoms with E-state index < -0.39 is 0 Å². The minimum absolute atomic E-state index is 0.123. The van der Waals surface area contributed by atoms with E-state index in [4.69, 9.17) is 10.00 Å². The molecule has 1 aliphatic carbocycles. The number of carbonyl (C=O) groups excluding carboxylic acids is 1. The zero-order valence-corrected chi connectivity index (χ0v) is 10.8. The SMILES string of the molecule is CCOC(=O)c1ccccc1C1C=CC(C#N)=CC1. The maximum atomic E-state index is 11.9. The summed E-state index contributed by atoms with van der Waals surface area (Å²) in [6.07, 6.45) is 6.40. The number of benzene rings is 1. The third kappa shape index (κ3) is 2.92. The van der Waals surface area contributed by atoms with Crippen molar-refractivity contribution in [1.82, 2.24) is 0 Å². The zero-order valence-electron chi connectivity index (χ0n) is 10.8. The van der Waals surface area contributed by atoms with E-state index in [-0.39, 0.29) is 11.9 Å². The van der Waals surface area contributed by atoms with Gasteiger partial charge in [0.1, 0.15) is 0 Å². The number of esters is 1. The Bertz CT molecular complexity index is 579. The summed E-state index contributed by atoms with van der Waals surface area (Å²) in [5.41, 5.74) is 2.23. The molecule has 0 amide bonds. The molecule has 0 fully saturated rings. The van der Waals surface area contributed by atoms with Gasteiger partial charge in [0.2, 0.25) is 0 Å². The third-order valence-corrected chi connectivity index (χ3v) is 3.08. The van der Waals surface area contributed by atoms with E-state index in [0.717, 1.165) is 12.0 Å². The van der Waals surface area contributed by atoms with Crippen molar-refractivity contribution in [3.05, 3.63) is 59.2 Å². The molecule has 0 N–H and O–H groups in total. The van der Waals surface area contributed by atoms with Gasteiger partial charge in [0, 0.05) is 11.5 Å². The monoisotopic (exact) mass is 253 g/mol. The van der Waals surface area contributed by atoms with Crippen LogP contribution in [0.4, 0.5) is 0 Å². The van der Waals surface area contributed by atoms with E-state index >= 15 is 0 Å². The van der Waals surface area contributed by atoms with Gasteiger partial charge in [0.25, 0.3) is 0 Å². The zero-order chi connectivity index (χ0) is 13.7. The molecule has 1 atom stereocenters. The Hall–Kier alpha value is -2.34. The van der Waals surface area contributed by atoms with Gasteiger partial charge in [-0.1, -0.05) is 30.4 Å². The van der Waals surface area contributed by atoms with Crippen LogP contribution in [0.1, 0.15) is 35.2 Å². The lowest BCUT2D eigenvalue weighted by atomic mass is 9.87. The molecule has 2 rings (SSSR count). The Morgan fingerprint density at radius 2 is 2.26 bits per heavy atom. The summed E-state index contributed by atoms with van der Waals surface area (Å²) >= 11 is 0. The lowest BCUT2D eigenvalue weighted by Crippen LogP contribution is -2.10. The number of ether oxygens (including phenoxy) is 1. The fourth-order valence-electron chi connectivity index (χ4n) is 2.15. The van der Waals surface area contributed by atoms with Gasteiger partial charge in [-0.05, 0) is 31.1 Å². The summed E-state index contributed by atoms with van der Waals surface area (Å²) in [5, 5.41) is 8.82. The van der Waals surface area contributed by atoms with Crippen LogP contribution >= 0.6 is 0 Å². The highest BCUT2D eigenvalue weighted by molar-refractivity contribution is 5.91. The second-order valence-electron chi connectivity index (χ2n) is 4.28. The molecule has 3 heteroatoms. The molecule has 0 heterocycles. The number of carbonyl (C=O) groups is 1. The molecule has 0 aromatic heterocycles. The van der Waals surface area contributed by atoms with Crippen LogP contribution in [-0.2, 0) is 4.74 Å². The number of hydrogen-bond acceptors (Lipinski definition) is 3. The number of nitriles is 1. The Balaban J connectivity index is 2.27. The minimum atomic E-state index is -0.290. The molecule has 1 aromatic carbocycles. The van der Waals surface area contributed by atoms with Crippen molar-refractivity contribution in [2.45, 2.75) is 19.3 Å². The Morgan fingerprint density at radius 3 is 2.89 bits per heavy atom. The highest BCUT2D eigenvalue weighted by Crippen LogP contribution is 2.29. The Morgan fingerprint density at radius 1 is 1.47 bits per heavy atom. The molecule has 1 aromatic rings. The summed E-state index contributed by atoms with van der Waals surface area (Å²) < 4.78 is 5.07. The number of rotatable bonds is 3. The maximum absolute atomic E-state index is 11.9. The largest absolute Gasteiger partial charge is 0.462 e. The molecule has 3 nitrogen and oxygen atoms in total. The van der Waals surface area contributed by atoms with Crippen LogP contribution in [0.15, 0.2) is 48.1 Å². The van der Waals surface area contributed by atoms with Crippen molar-refractivity contribution in [2.75, 3.05) is 6.61 Å². The Kier molecular flexibility index (Phi) is 4.15. The minimum Gasteiger partial charge on any atom is -0.462 e. The molecule has 1 unspecified atom stereocenters. The standard InChI is InChI=1S/C16H15NO2/c1-2-19-16(18)15-6-4-3-5-14(15)13-9-7-12(11-17)8-10-13/h3-9,13H,2,10H2,1H3. The van der Waals surface area contributed by atoms with Crippen molar-refractivity contribution in [2.24, 2.45) is 0 Å². The average molecular weight is 253 g/mol. The summed E-state index contributed by atoms with van der Waals surface area (Å²) in [7, 11) is 0. The smallest absolute Gasteiger partial charge is 0.338 e. The van der Waals surface area contributed by atoms with E-state index in [0.29, 0.717) is 17.7 Å². The lowest BCUT2D eigenvalue weighted by molar-refractivity contribution is 0.0525. The first-order chi connectivity index (χ1) is 9.26. The van der Waals surface area contributed by atoms with Gasteiger partial charge < -0.3 is 4.74 Å². The first-order valence-corrected chi connectivity index (χ1v) is 6.30. The van der Waals surface area contributed by atoms with Crippen LogP contribution in [0.25, 0.3) is 0 Å². The molecular formula is C16H15NO2. The fraction of sp³-hybridized carbons (Fsp3) is 0.250. The third-order valence-electron chi connectivity index (χ3n) is 3.08. The van der Waals surface area contributed by atoms with Crippen molar-refractivity contribution in [3.8, 4) is 6.07 Å². The predicted molar refractivity (Wildman–Crippen MR) is 72.6 cm³/mol. The molecule has 0 spiro atoms. The van der Waals surface area contributed by atoms with Crippen LogP contribution in [0, 0.1) is 11.3 Å². The van der Waals surface area contributed by atoms with Crippen LogP contribution < -0.4 is 0 Å². The van der Waals surface area contributed by atoms with Crippen LogP contribution in [0.5, 0.6) is 0 Å². The van der Waals surface area contributed by atoms with Crippen LogP contribution in [-0.4, -0.2) is 12.6 Å². The predicted octanol–water partition coefficient (Wildman–Crippen LogP) is 3.36. The van der Waals surface area contributed by atoms with Gasteiger partial charge in [-0.2, -0.15) is 5.26 Å². The van der Waals surface area contributed by atoms with E-state index in [1.165, 1.54) is 0 Å². The molecule has 0 saturated carbocycles. The molecular weight excluding hydrogens is 238 g/mol. The maximum Gasteiger partial charge on any atom is 0.338 e. The molecule has 1 aliphatic rings. The highest BCUT2D eigenvalue weighted by atomic mass is 16.5. The lowest BCUT2D eigenvalue weighted by Gasteiger charge is -2.17.